The topological polar surface area (TPSA) is 110 Å². The van der Waals surface area contributed by atoms with Crippen LogP contribution >= 0.6 is 23.2 Å². The van der Waals surface area contributed by atoms with E-state index in [0.717, 1.165) is 0 Å². The van der Waals surface area contributed by atoms with Gasteiger partial charge in [0.2, 0.25) is 0 Å². The molecule has 0 radical (unpaired) electrons. The Hall–Kier alpha value is -2.74. The molecule has 0 aliphatic heterocycles. The van der Waals surface area contributed by atoms with Gasteiger partial charge in [0.25, 0.3) is 5.91 Å². The number of aromatic amines is 1. The van der Waals surface area contributed by atoms with Gasteiger partial charge < -0.3 is 10.2 Å². The summed E-state index contributed by atoms with van der Waals surface area (Å²) in [6, 6.07) is 10.8. The molecule has 0 unspecified atom stereocenters. The number of carbonyl (C=O) groups is 1. The summed E-state index contributed by atoms with van der Waals surface area (Å²) in [6.07, 6.45) is 0. The quantitative estimate of drug-likeness (QED) is 0.428. The van der Waals surface area contributed by atoms with E-state index in [2.05, 4.69) is 21.0 Å². The van der Waals surface area contributed by atoms with Gasteiger partial charge in [-0.25, -0.2) is 5.43 Å². The second kappa shape index (κ2) is 7.65. The van der Waals surface area contributed by atoms with E-state index in [0.29, 0.717) is 26.9 Å². The number of rotatable bonds is 5. The summed E-state index contributed by atoms with van der Waals surface area (Å²) < 4.78 is 0. The van der Waals surface area contributed by atoms with E-state index in [-0.39, 0.29) is 23.7 Å². The fraction of sp³-hybridized carbons (Fsp3) is 0.0588. The lowest BCUT2D eigenvalue weighted by molar-refractivity contribution is 0.0927. The fourth-order valence-electron chi connectivity index (χ4n) is 2.26. The van der Waals surface area contributed by atoms with Gasteiger partial charge in [-0.3, -0.25) is 15.3 Å². The predicted octanol–water partition coefficient (Wildman–Crippen LogP) is 3.23. The first-order valence-corrected chi connectivity index (χ1v) is 8.24. The van der Waals surface area contributed by atoms with Gasteiger partial charge in [-0.05, 0) is 30.3 Å². The number of amides is 1. The van der Waals surface area contributed by atoms with E-state index in [1.54, 1.807) is 30.3 Å². The Morgan fingerprint density at radius 1 is 1.12 bits per heavy atom. The second-order valence-corrected chi connectivity index (χ2v) is 6.26. The number of phenolic OH excluding ortho intramolecular Hbond substituents is 2. The Bertz CT molecular complexity index is 959. The summed E-state index contributed by atoms with van der Waals surface area (Å²) in [4.78, 5) is 12.2. The van der Waals surface area contributed by atoms with Crippen molar-refractivity contribution in [1.29, 1.82) is 0 Å². The number of aromatic nitrogens is 2. The Kier molecular flexibility index (Phi) is 5.32. The molecule has 0 fully saturated rings. The fourth-order valence-corrected chi connectivity index (χ4v) is 2.77. The van der Waals surface area contributed by atoms with E-state index >= 15 is 0 Å². The molecule has 0 bridgehead atoms. The second-order valence-electron chi connectivity index (χ2n) is 5.41. The lowest BCUT2D eigenvalue weighted by atomic mass is 10.1. The third-order valence-electron chi connectivity index (χ3n) is 3.58. The zero-order chi connectivity index (χ0) is 18.7. The molecule has 0 saturated carbocycles. The lowest BCUT2D eigenvalue weighted by Crippen LogP contribution is -2.37. The van der Waals surface area contributed by atoms with Crippen LogP contribution in [0.15, 0.2) is 42.5 Å². The third kappa shape index (κ3) is 4.08. The molecule has 1 heterocycles. The van der Waals surface area contributed by atoms with Crippen molar-refractivity contribution in [2.45, 2.75) is 6.54 Å². The standard InChI is InChI=1S/C17H14Cl2N4O3/c18-10-2-4-12(13(19)5-10)14-7-15(22-21-14)17(26)23-20-8-9-1-3-11(24)6-16(9)25/h1-7,20,24-25H,8H2,(H,21,22)(H,23,26). The van der Waals surface area contributed by atoms with Gasteiger partial charge in [-0.15, -0.1) is 0 Å². The number of halogens is 2. The average molecular weight is 393 g/mol. The first-order chi connectivity index (χ1) is 12.4. The van der Waals surface area contributed by atoms with Gasteiger partial charge >= 0.3 is 0 Å². The molecule has 0 atom stereocenters. The van der Waals surface area contributed by atoms with Crippen molar-refractivity contribution in [2.24, 2.45) is 0 Å². The van der Waals surface area contributed by atoms with Gasteiger partial charge in [0.05, 0.1) is 10.7 Å². The average Bonchev–Trinajstić information content (AvgIpc) is 3.06. The maximum atomic E-state index is 12.2. The summed E-state index contributed by atoms with van der Waals surface area (Å²) in [7, 11) is 0. The molecule has 2 aromatic carbocycles. The highest BCUT2D eigenvalue weighted by Crippen LogP contribution is 2.29. The van der Waals surface area contributed by atoms with Crippen LogP contribution in [0, 0.1) is 0 Å². The SMILES string of the molecule is O=C(NNCc1ccc(O)cc1O)c1cc(-c2ccc(Cl)cc2Cl)n[nH]1. The Balaban J connectivity index is 1.63. The molecule has 7 nitrogen and oxygen atoms in total. The number of carbonyl (C=O) groups excluding carboxylic acids is 1. The van der Waals surface area contributed by atoms with E-state index in [9.17, 15) is 15.0 Å². The lowest BCUT2D eigenvalue weighted by Gasteiger charge is -2.08. The van der Waals surface area contributed by atoms with Crippen LogP contribution < -0.4 is 10.9 Å². The highest BCUT2D eigenvalue weighted by atomic mass is 35.5. The van der Waals surface area contributed by atoms with E-state index < -0.39 is 5.91 Å². The molecule has 26 heavy (non-hydrogen) atoms. The van der Waals surface area contributed by atoms with Crippen molar-refractivity contribution in [3.63, 3.8) is 0 Å². The van der Waals surface area contributed by atoms with Crippen LogP contribution in [0.4, 0.5) is 0 Å². The first-order valence-electron chi connectivity index (χ1n) is 7.49. The van der Waals surface area contributed by atoms with E-state index in [1.165, 1.54) is 12.1 Å². The number of hydrogen-bond acceptors (Lipinski definition) is 5. The van der Waals surface area contributed by atoms with Crippen LogP contribution in [0.1, 0.15) is 16.1 Å². The largest absolute Gasteiger partial charge is 0.508 e. The Morgan fingerprint density at radius 3 is 2.65 bits per heavy atom. The molecule has 0 spiro atoms. The van der Waals surface area contributed by atoms with Crippen molar-refractivity contribution in [3.05, 3.63) is 63.8 Å². The van der Waals surface area contributed by atoms with Crippen molar-refractivity contribution in [3.8, 4) is 22.8 Å². The molecule has 5 N–H and O–H groups in total. The summed E-state index contributed by atoms with van der Waals surface area (Å²) in [6.45, 7) is 0.169. The minimum atomic E-state index is -0.438. The Morgan fingerprint density at radius 2 is 1.92 bits per heavy atom. The third-order valence-corrected chi connectivity index (χ3v) is 4.13. The monoisotopic (exact) mass is 392 g/mol. The summed E-state index contributed by atoms with van der Waals surface area (Å²) in [5.41, 5.74) is 7.08. The van der Waals surface area contributed by atoms with Crippen molar-refractivity contribution >= 4 is 29.1 Å². The number of aromatic hydroxyl groups is 2. The van der Waals surface area contributed by atoms with Crippen molar-refractivity contribution in [2.75, 3.05) is 0 Å². The molecule has 9 heteroatoms. The van der Waals surface area contributed by atoms with Crippen LogP contribution in [-0.4, -0.2) is 26.3 Å². The molecule has 0 aliphatic rings. The first kappa shape index (κ1) is 18.1. The number of phenols is 2. The van der Waals surface area contributed by atoms with Gasteiger partial charge in [0.15, 0.2) is 0 Å². The van der Waals surface area contributed by atoms with E-state index in [1.807, 2.05) is 0 Å². The Labute approximate surface area is 158 Å². The zero-order valence-electron chi connectivity index (χ0n) is 13.3. The normalized spacial score (nSPS) is 10.7. The van der Waals surface area contributed by atoms with Crippen LogP contribution in [-0.2, 0) is 6.54 Å². The zero-order valence-corrected chi connectivity index (χ0v) is 14.8. The minimum absolute atomic E-state index is 0.0406. The summed E-state index contributed by atoms with van der Waals surface area (Å²) >= 11 is 12.0. The molecule has 134 valence electrons. The number of nitrogens with zero attached hydrogens (tertiary/aromatic N) is 1. The molecule has 0 saturated heterocycles. The van der Waals surface area contributed by atoms with Gasteiger partial charge in [0.1, 0.15) is 17.2 Å². The number of H-pyrrole nitrogens is 1. The number of hydrazine groups is 1. The molecule has 3 rings (SSSR count). The van der Waals surface area contributed by atoms with Crippen LogP contribution in [0.2, 0.25) is 10.0 Å². The molecule has 1 amide bonds. The molecular weight excluding hydrogens is 379 g/mol. The van der Waals surface area contributed by atoms with Crippen molar-refractivity contribution < 1.29 is 15.0 Å². The predicted molar refractivity (Wildman–Crippen MR) is 98.1 cm³/mol. The number of nitrogens with one attached hydrogen (secondary N) is 3. The van der Waals surface area contributed by atoms with Crippen LogP contribution in [0.5, 0.6) is 11.5 Å². The summed E-state index contributed by atoms with van der Waals surface area (Å²) in [5.74, 6) is -0.554. The highest BCUT2D eigenvalue weighted by Gasteiger charge is 2.13. The molecule has 1 aromatic heterocycles. The number of hydrogen-bond donors (Lipinski definition) is 5. The smallest absolute Gasteiger partial charge is 0.283 e. The van der Waals surface area contributed by atoms with Gasteiger partial charge in [0, 0.05) is 28.8 Å². The highest BCUT2D eigenvalue weighted by molar-refractivity contribution is 6.36. The maximum Gasteiger partial charge on any atom is 0.283 e. The van der Waals surface area contributed by atoms with Crippen molar-refractivity contribution in [1.82, 2.24) is 21.0 Å². The molecular formula is C17H14Cl2N4O3. The van der Waals surface area contributed by atoms with Crippen LogP contribution in [0.3, 0.4) is 0 Å². The van der Waals surface area contributed by atoms with Gasteiger partial charge in [-0.2, -0.15) is 5.10 Å². The van der Waals surface area contributed by atoms with Crippen LogP contribution in [0.25, 0.3) is 11.3 Å². The molecule has 0 aliphatic carbocycles. The number of benzene rings is 2. The maximum absolute atomic E-state index is 12.2. The summed E-state index contributed by atoms with van der Waals surface area (Å²) in [5, 5.41) is 26.6. The minimum Gasteiger partial charge on any atom is -0.508 e. The van der Waals surface area contributed by atoms with Gasteiger partial charge in [-0.1, -0.05) is 29.3 Å². The molecule has 3 aromatic rings. The van der Waals surface area contributed by atoms with E-state index in [4.69, 9.17) is 23.2 Å².